The molecule has 0 N–H and O–H groups in total. The maximum Gasteiger partial charge on any atom is 0.0435 e. The van der Waals surface area contributed by atoms with Crippen LogP contribution in [0, 0.1) is 0 Å². The molecular formula is C6H13Cl. The molecule has 1 heteroatoms. The second kappa shape index (κ2) is 6.29. The Kier molecular flexibility index (Phi) is 0.696. The minimum absolute atomic E-state index is 3.38. The van der Waals surface area contributed by atoms with E-state index < -0.39 is 38.2 Å². The van der Waals surface area contributed by atoms with Crippen molar-refractivity contribution in [2.75, 3.05) is 5.83 Å². The normalized spacial score (nSPS) is 49.0. The van der Waals surface area contributed by atoms with Crippen LogP contribution in [0.3, 0.4) is 0 Å². The highest BCUT2D eigenvalue weighted by Crippen LogP contribution is 1.98. The van der Waals surface area contributed by atoms with Gasteiger partial charge in [0.2, 0.25) is 0 Å². The van der Waals surface area contributed by atoms with Crippen LogP contribution in [0.2, 0.25) is 0 Å². The van der Waals surface area contributed by atoms with Crippen LogP contribution in [0.15, 0.2) is 0 Å². The van der Waals surface area contributed by atoms with E-state index in [1.54, 1.807) is 0 Å². The van der Waals surface area contributed by atoms with Gasteiger partial charge in [-0.15, -0.1) is 11.6 Å². The second-order valence-corrected chi connectivity index (χ2v) is 0.783. The van der Waals surface area contributed by atoms with Gasteiger partial charge in [-0.05, 0) is 6.37 Å². The van der Waals surface area contributed by atoms with E-state index >= 15 is 0 Å². The van der Waals surface area contributed by atoms with Crippen LogP contribution >= 0.6 is 11.6 Å². The van der Waals surface area contributed by atoms with Crippen LogP contribution in [0.4, 0.5) is 0 Å². The lowest BCUT2D eigenvalue weighted by Crippen LogP contribution is -1.74. The Morgan fingerprint density at radius 2 is 2.43 bits per heavy atom. The summed E-state index contributed by atoms with van der Waals surface area (Å²) in [5.74, 6) is -3.38. The molecule has 0 nitrogen and oxygen atoms in total. The monoisotopic (exact) mass is 133 g/mol. The summed E-state index contributed by atoms with van der Waals surface area (Å²) in [6, 6.07) is 0. The molecule has 0 fully saturated rings. The lowest BCUT2D eigenvalue weighted by atomic mass is 10.2. The van der Waals surface area contributed by atoms with E-state index in [0.29, 0.717) is 0 Å². The van der Waals surface area contributed by atoms with Gasteiger partial charge in [-0.3, -0.25) is 0 Å². The van der Waals surface area contributed by atoms with Crippen LogP contribution in [-0.4, -0.2) is 5.83 Å². The summed E-state index contributed by atoms with van der Waals surface area (Å²) in [7, 11) is 0. The zero-order valence-electron chi connectivity index (χ0n) is 16.4. The highest BCUT2D eigenvalue weighted by atomic mass is 35.5. The van der Waals surface area contributed by atoms with Crippen molar-refractivity contribution < 1.29 is 17.8 Å². The van der Waals surface area contributed by atoms with E-state index in [2.05, 4.69) is 0 Å². The lowest BCUT2D eigenvalue weighted by Gasteiger charge is -1.89. The van der Waals surface area contributed by atoms with Crippen molar-refractivity contribution >= 4 is 11.6 Å². The Morgan fingerprint density at radius 1 is 1.57 bits per heavy atom. The largest absolute Gasteiger partial charge is 0.127 e. The quantitative estimate of drug-likeness (QED) is 0.518. The summed E-state index contributed by atoms with van der Waals surface area (Å²) in [6.45, 7) is -3.58. The summed E-state index contributed by atoms with van der Waals surface area (Å²) in [4.78, 5) is 0. The molecule has 0 amide bonds. The van der Waals surface area contributed by atoms with Crippen molar-refractivity contribution in [2.45, 2.75) is 32.3 Å². The maximum absolute atomic E-state index is 7.43. The highest BCUT2D eigenvalue weighted by molar-refractivity contribution is 6.17. The molecule has 0 aromatic carbocycles. The third-order valence-electron chi connectivity index (χ3n) is 0.235. The maximum atomic E-state index is 7.43. The zero-order valence-corrected chi connectivity index (χ0v) is 4.13. The van der Waals surface area contributed by atoms with E-state index in [4.69, 9.17) is 29.4 Å². The average molecular weight is 134 g/mol. The summed E-state index contributed by atoms with van der Waals surface area (Å²) in [5.41, 5.74) is 0. The van der Waals surface area contributed by atoms with E-state index in [0.717, 1.165) is 0 Å². The van der Waals surface area contributed by atoms with Crippen molar-refractivity contribution in [1.29, 1.82) is 0 Å². The molecule has 7 heavy (non-hydrogen) atoms. The Bertz CT molecular complexity index is 324. The van der Waals surface area contributed by atoms with Crippen LogP contribution in [-0.2, 0) is 0 Å². The Balaban J connectivity index is 6.08. The van der Waals surface area contributed by atoms with Crippen molar-refractivity contribution in [3.05, 3.63) is 0 Å². The molecule has 44 valence electrons. The molecule has 0 unspecified atom stereocenters. The van der Waals surface area contributed by atoms with Crippen LogP contribution in [0.1, 0.15) is 50.2 Å². The zero-order chi connectivity index (χ0) is 17.0. The first kappa shape index (κ1) is 0.775. The number of halogens is 1. The van der Waals surface area contributed by atoms with Gasteiger partial charge in [-0.25, -0.2) is 0 Å². The van der Waals surface area contributed by atoms with Crippen molar-refractivity contribution in [3.63, 3.8) is 0 Å². The average Bonchev–Trinajstić information content (AvgIpc) is 2.12. The predicted molar refractivity (Wildman–Crippen MR) is 34.9 cm³/mol. The molecule has 0 bridgehead atoms. The van der Waals surface area contributed by atoms with Gasteiger partial charge in [-0.1, -0.05) is 26.0 Å². The van der Waals surface area contributed by atoms with E-state index in [-0.39, 0.29) is 0 Å². The van der Waals surface area contributed by atoms with E-state index in [1.807, 2.05) is 0 Å². The van der Waals surface area contributed by atoms with Crippen molar-refractivity contribution in [1.82, 2.24) is 0 Å². The van der Waals surface area contributed by atoms with Crippen LogP contribution in [0.25, 0.3) is 0 Å². The fraction of sp³-hybridized carbons (Fsp3) is 1.00. The summed E-state index contributed by atoms with van der Waals surface area (Å²) in [6.07, 6.45) is -15.2. The van der Waals surface area contributed by atoms with Gasteiger partial charge in [0, 0.05) is 23.7 Å². The van der Waals surface area contributed by atoms with E-state index in [9.17, 15) is 0 Å². The third kappa shape index (κ3) is 6.29. The van der Waals surface area contributed by atoms with E-state index in [1.165, 1.54) is 0 Å². The molecule has 0 aromatic rings. The first-order valence-electron chi connectivity index (χ1n) is 7.94. The molecule has 0 heterocycles. The number of rotatable bonds is 4. The molecular weight excluding hydrogens is 108 g/mol. The molecule has 0 aliphatic carbocycles. The minimum atomic E-state index is -3.88. The Labute approximate surface area is 69.1 Å². The summed E-state index contributed by atoms with van der Waals surface area (Å²) in [5, 5.41) is 0. The van der Waals surface area contributed by atoms with Gasteiger partial charge < -0.3 is 0 Å². The smallest absolute Gasteiger partial charge is 0.0435 e. The fourth-order valence-corrected chi connectivity index (χ4v) is 0.133. The third-order valence-corrected chi connectivity index (χ3v) is 0.329. The molecule has 0 aliphatic heterocycles. The molecule has 0 saturated heterocycles. The van der Waals surface area contributed by atoms with Gasteiger partial charge in [0.05, 0.1) is 0 Å². The molecule has 0 aromatic heterocycles. The van der Waals surface area contributed by atoms with Gasteiger partial charge in [0.25, 0.3) is 0 Å². The molecule has 0 aliphatic rings. The highest BCUT2D eigenvalue weighted by Gasteiger charge is 1.81. The van der Waals surface area contributed by atoms with Crippen molar-refractivity contribution in [3.8, 4) is 0 Å². The number of alkyl halides is 1. The second-order valence-electron chi connectivity index (χ2n) is 0.594. The predicted octanol–water partition coefficient (Wildman–Crippen LogP) is 2.81. The Hall–Kier alpha value is 0.290. The van der Waals surface area contributed by atoms with Gasteiger partial charge in [0.15, 0.2) is 0 Å². The lowest BCUT2D eigenvalue weighted by molar-refractivity contribution is 0.705. The molecule has 0 rings (SSSR count). The molecule has 0 radical (unpaired) electrons. The van der Waals surface area contributed by atoms with Crippen molar-refractivity contribution in [2.24, 2.45) is 0 Å². The van der Waals surface area contributed by atoms with Crippen LogP contribution < -0.4 is 0 Å². The van der Waals surface area contributed by atoms with Crippen LogP contribution in [0.5, 0.6) is 0 Å². The number of hydrogen-bond donors (Lipinski definition) is 0. The standard InChI is InChI=1S/C6H13Cl/c1-2-3-4-5-6-7/h2-6H2,1H3/i1D3,2D2,3D2,4D2,5D2,6D2. The van der Waals surface area contributed by atoms with Gasteiger partial charge in [0.1, 0.15) is 0 Å². The van der Waals surface area contributed by atoms with Gasteiger partial charge in [-0.2, -0.15) is 0 Å². The minimum Gasteiger partial charge on any atom is -0.127 e. The summed E-state index contributed by atoms with van der Waals surface area (Å²) >= 11 is 5.07. The SMILES string of the molecule is [2H]C([2H])([2H])C([2H])([2H])C([2H])([2H])C([2H])([2H])C([2H])([2H])C([2H])([2H])Cl. The fourth-order valence-electron chi connectivity index (χ4n) is 0.0861. The molecule has 0 spiro atoms. The first-order valence-corrected chi connectivity index (χ1v) is 1.82. The molecule has 0 atom stereocenters. The number of hydrogen-bond acceptors (Lipinski definition) is 0. The Morgan fingerprint density at radius 3 is 3.00 bits per heavy atom. The topological polar surface area (TPSA) is 0 Å². The van der Waals surface area contributed by atoms with Gasteiger partial charge >= 0.3 is 0 Å². The molecule has 0 saturated carbocycles. The summed E-state index contributed by atoms with van der Waals surface area (Å²) < 4.78 is 93.7. The first-order chi connectivity index (χ1) is 8.25.